The van der Waals surface area contributed by atoms with Crippen molar-refractivity contribution in [2.75, 3.05) is 13.2 Å². The van der Waals surface area contributed by atoms with Gasteiger partial charge in [-0.15, -0.1) is 0 Å². The lowest BCUT2D eigenvalue weighted by Gasteiger charge is -2.18. The number of alkyl halides is 1. The molecule has 1 heterocycles. The van der Waals surface area contributed by atoms with Gasteiger partial charge < -0.3 is 15.4 Å². The zero-order chi connectivity index (χ0) is 17.8. The molecule has 0 amide bonds. The number of aliphatic hydroxyl groups excluding tert-OH is 1. The van der Waals surface area contributed by atoms with Crippen molar-refractivity contribution in [3.05, 3.63) is 69.8 Å². The van der Waals surface area contributed by atoms with Crippen molar-refractivity contribution in [3.8, 4) is 0 Å². The highest BCUT2D eigenvalue weighted by Gasteiger charge is 2.15. The quantitative estimate of drug-likeness (QED) is 0.557. The van der Waals surface area contributed by atoms with Crippen molar-refractivity contribution in [2.45, 2.75) is 18.6 Å². The van der Waals surface area contributed by atoms with Crippen LogP contribution in [0, 0.1) is 0 Å². The van der Waals surface area contributed by atoms with Gasteiger partial charge in [0.05, 0.1) is 6.10 Å². The second-order valence-electron chi connectivity index (χ2n) is 6.04. The second kappa shape index (κ2) is 8.19. The summed E-state index contributed by atoms with van der Waals surface area (Å²) in [5.74, 6) is 0. The van der Waals surface area contributed by atoms with Crippen LogP contribution in [0.4, 0.5) is 4.39 Å². The Morgan fingerprint density at radius 2 is 1.92 bits per heavy atom. The van der Waals surface area contributed by atoms with Gasteiger partial charge in [0, 0.05) is 39.7 Å². The zero-order valence-electron chi connectivity index (χ0n) is 13.5. The monoisotopic (exact) mass is 380 g/mol. The number of halogens is 3. The van der Waals surface area contributed by atoms with Crippen molar-refractivity contribution in [2.24, 2.45) is 0 Å². The van der Waals surface area contributed by atoms with Gasteiger partial charge in [0.25, 0.3) is 0 Å². The predicted octanol–water partition coefficient (Wildman–Crippen LogP) is 4.68. The topological polar surface area (TPSA) is 48.0 Å². The van der Waals surface area contributed by atoms with Gasteiger partial charge in [0.15, 0.2) is 0 Å². The predicted molar refractivity (Wildman–Crippen MR) is 101 cm³/mol. The van der Waals surface area contributed by atoms with Crippen molar-refractivity contribution < 1.29 is 9.50 Å². The molecule has 25 heavy (non-hydrogen) atoms. The normalized spacial score (nSPS) is 13.9. The molecular formula is C19H19Cl2FN2O. The summed E-state index contributed by atoms with van der Waals surface area (Å²) in [5.41, 5.74) is 2.65. The molecule has 0 aliphatic heterocycles. The van der Waals surface area contributed by atoms with Crippen LogP contribution < -0.4 is 5.32 Å². The smallest absolute Gasteiger partial charge is 0.105 e. The third-order valence-electron chi connectivity index (χ3n) is 4.22. The second-order valence-corrected chi connectivity index (χ2v) is 6.91. The number of aliphatic hydroxyl groups is 1. The van der Waals surface area contributed by atoms with Crippen LogP contribution in [0.5, 0.6) is 0 Å². The van der Waals surface area contributed by atoms with Crippen LogP contribution in [0.15, 0.2) is 48.7 Å². The number of benzene rings is 2. The SMILES string of the molecule is OC(CNC(CF)Cc1c[nH]c2cc(Cl)ccc12)c1cccc(Cl)c1. The molecule has 0 aliphatic carbocycles. The van der Waals surface area contributed by atoms with Gasteiger partial charge in [0.2, 0.25) is 0 Å². The average molecular weight is 381 g/mol. The number of hydrogen-bond acceptors (Lipinski definition) is 2. The molecule has 2 unspecified atom stereocenters. The lowest BCUT2D eigenvalue weighted by Crippen LogP contribution is -2.36. The maximum atomic E-state index is 13.4. The summed E-state index contributed by atoms with van der Waals surface area (Å²) in [6.45, 7) is -0.272. The van der Waals surface area contributed by atoms with E-state index in [9.17, 15) is 9.50 Å². The summed E-state index contributed by atoms with van der Waals surface area (Å²) in [6, 6.07) is 12.3. The molecule has 2 aromatic carbocycles. The molecule has 0 aliphatic rings. The molecular weight excluding hydrogens is 362 g/mol. The molecule has 3 aromatic rings. The Labute approximate surface area is 155 Å². The van der Waals surface area contributed by atoms with Crippen molar-refractivity contribution in [3.63, 3.8) is 0 Å². The van der Waals surface area contributed by atoms with E-state index in [4.69, 9.17) is 23.2 Å². The van der Waals surface area contributed by atoms with E-state index in [2.05, 4.69) is 10.3 Å². The van der Waals surface area contributed by atoms with Gasteiger partial charge in [-0.25, -0.2) is 4.39 Å². The molecule has 0 saturated carbocycles. The summed E-state index contributed by atoms with van der Waals surface area (Å²) in [4.78, 5) is 3.16. The van der Waals surface area contributed by atoms with Gasteiger partial charge >= 0.3 is 0 Å². The fraction of sp³-hybridized carbons (Fsp3) is 0.263. The Morgan fingerprint density at radius 1 is 1.12 bits per heavy atom. The van der Waals surface area contributed by atoms with Crippen molar-refractivity contribution >= 4 is 34.1 Å². The van der Waals surface area contributed by atoms with E-state index >= 15 is 0 Å². The standard InChI is InChI=1S/C19H19Cl2FN2O/c20-14-3-1-2-12(6-14)19(25)11-23-16(9-22)7-13-10-24-18-8-15(21)4-5-17(13)18/h1-6,8,10,16,19,23-25H,7,9,11H2. The summed E-state index contributed by atoms with van der Waals surface area (Å²) in [7, 11) is 0. The van der Waals surface area contributed by atoms with Gasteiger partial charge in [-0.1, -0.05) is 41.4 Å². The van der Waals surface area contributed by atoms with Crippen LogP contribution >= 0.6 is 23.2 Å². The highest BCUT2D eigenvalue weighted by Crippen LogP contribution is 2.23. The van der Waals surface area contributed by atoms with Crippen LogP contribution in [0.2, 0.25) is 10.0 Å². The first kappa shape index (κ1) is 18.2. The lowest BCUT2D eigenvalue weighted by molar-refractivity contribution is 0.166. The summed E-state index contributed by atoms with van der Waals surface area (Å²) in [5, 5.41) is 15.6. The van der Waals surface area contributed by atoms with E-state index < -0.39 is 12.8 Å². The molecule has 6 heteroatoms. The number of aromatic nitrogens is 1. The summed E-state index contributed by atoms with van der Waals surface area (Å²) >= 11 is 11.9. The van der Waals surface area contributed by atoms with Gasteiger partial charge in [-0.3, -0.25) is 0 Å². The Hall–Kier alpha value is -1.59. The average Bonchev–Trinajstić information content (AvgIpc) is 3.00. The molecule has 0 radical (unpaired) electrons. The molecule has 0 saturated heterocycles. The largest absolute Gasteiger partial charge is 0.387 e. The fourth-order valence-electron chi connectivity index (χ4n) is 2.88. The number of rotatable bonds is 7. The minimum atomic E-state index is -0.741. The number of hydrogen-bond donors (Lipinski definition) is 3. The Kier molecular flexibility index (Phi) is 5.97. The van der Waals surface area contributed by atoms with E-state index in [1.54, 1.807) is 24.3 Å². The molecule has 1 aromatic heterocycles. The van der Waals surface area contributed by atoms with Gasteiger partial charge in [-0.05, 0) is 41.8 Å². The number of fused-ring (bicyclic) bond motifs is 1. The third kappa shape index (κ3) is 4.53. The third-order valence-corrected chi connectivity index (χ3v) is 4.69. The maximum absolute atomic E-state index is 13.4. The van der Waals surface area contributed by atoms with E-state index in [0.29, 0.717) is 22.0 Å². The first-order valence-corrected chi connectivity index (χ1v) is 8.81. The Balaban J connectivity index is 1.64. The van der Waals surface area contributed by atoms with Crippen LogP contribution in [0.1, 0.15) is 17.2 Å². The number of H-pyrrole nitrogens is 1. The van der Waals surface area contributed by atoms with E-state index in [-0.39, 0.29) is 12.6 Å². The molecule has 0 fully saturated rings. The molecule has 3 N–H and O–H groups in total. The number of aromatic amines is 1. The molecule has 3 rings (SSSR count). The van der Waals surface area contributed by atoms with Crippen molar-refractivity contribution in [1.29, 1.82) is 0 Å². The molecule has 3 nitrogen and oxygen atoms in total. The first-order valence-electron chi connectivity index (χ1n) is 8.05. The molecule has 2 atom stereocenters. The highest BCUT2D eigenvalue weighted by atomic mass is 35.5. The Bertz CT molecular complexity index is 852. The van der Waals surface area contributed by atoms with Crippen LogP contribution in [-0.2, 0) is 6.42 Å². The first-order chi connectivity index (χ1) is 12.1. The highest BCUT2D eigenvalue weighted by molar-refractivity contribution is 6.31. The van der Waals surface area contributed by atoms with Crippen LogP contribution in [-0.4, -0.2) is 29.4 Å². The van der Waals surface area contributed by atoms with E-state index in [1.807, 2.05) is 24.4 Å². The lowest BCUT2D eigenvalue weighted by atomic mass is 10.0. The minimum Gasteiger partial charge on any atom is -0.387 e. The number of nitrogens with one attached hydrogen (secondary N) is 2. The summed E-state index contributed by atoms with van der Waals surface area (Å²) in [6.07, 6.45) is 1.65. The van der Waals surface area contributed by atoms with Gasteiger partial charge in [0.1, 0.15) is 6.67 Å². The fourth-order valence-corrected chi connectivity index (χ4v) is 3.25. The van der Waals surface area contributed by atoms with Gasteiger partial charge in [-0.2, -0.15) is 0 Å². The zero-order valence-corrected chi connectivity index (χ0v) is 15.0. The van der Waals surface area contributed by atoms with E-state index in [0.717, 1.165) is 16.5 Å². The van der Waals surface area contributed by atoms with Crippen LogP contribution in [0.25, 0.3) is 10.9 Å². The molecule has 0 spiro atoms. The van der Waals surface area contributed by atoms with Crippen LogP contribution in [0.3, 0.4) is 0 Å². The minimum absolute atomic E-state index is 0.253. The molecule has 132 valence electrons. The molecule has 0 bridgehead atoms. The Morgan fingerprint density at radius 3 is 2.68 bits per heavy atom. The summed E-state index contributed by atoms with van der Waals surface area (Å²) < 4.78 is 13.4. The van der Waals surface area contributed by atoms with Crippen molar-refractivity contribution in [1.82, 2.24) is 10.3 Å². The maximum Gasteiger partial charge on any atom is 0.105 e. The van der Waals surface area contributed by atoms with E-state index in [1.165, 1.54) is 0 Å².